The summed E-state index contributed by atoms with van der Waals surface area (Å²) in [6.07, 6.45) is 0.782. The molecular weight excluding hydrogens is 332 g/mol. The van der Waals surface area contributed by atoms with Crippen molar-refractivity contribution in [2.24, 2.45) is 5.73 Å². The molecule has 0 aliphatic rings. The van der Waals surface area contributed by atoms with Crippen LogP contribution in [-0.2, 0) is 4.79 Å². The Kier molecular flexibility index (Phi) is 9.34. The molecule has 0 aromatic heterocycles. The van der Waals surface area contributed by atoms with Crippen LogP contribution in [0.4, 0.5) is 5.69 Å². The normalized spacial score (nSPS) is 15.3. The maximum atomic E-state index is 12.3. The van der Waals surface area contributed by atoms with Crippen molar-refractivity contribution in [3.63, 3.8) is 0 Å². The van der Waals surface area contributed by atoms with Gasteiger partial charge in [0, 0.05) is 18.3 Å². The molecule has 1 aromatic rings. The van der Waals surface area contributed by atoms with Crippen LogP contribution in [0.3, 0.4) is 0 Å². The summed E-state index contributed by atoms with van der Waals surface area (Å²) in [6, 6.07) is 7.08. The van der Waals surface area contributed by atoms with Crippen molar-refractivity contribution in [2.75, 3.05) is 12.3 Å². The molecule has 0 heterocycles. The Labute approximate surface area is 155 Å². The fourth-order valence-corrected chi connectivity index (χ4v) is 2.75. The molecule has 3 atom stereocenters. The molecule has 1 amide bonds. The quantitative estimate of drug-likeness (QED) is 0.480. The highest BCUT2D eigenvalue weighted by Gasteiger charge is 2.16. The molecule has 6 heteroatoms. The number of nitrogen functional groups attached to an aromatic ring is 1. The fraction of sp³-hybridized carbons (Fsp3) is 0.421. The number of carbonyl (C=O) groups is 1. The number of nitrogens with one attached hydrogen (secondary N) is 2. The SMILES string of the molecule is C=CS/C=C(\C)C[C@H](N)CN[C@@H](C)C(=O)N[C@H](C)c1ccc(N)cc1. The van der Waals surface area contributed by atoms with Crippen LogP contribution < -0.4 is 22.1 Å². The third-order valence-electron chi connectivity index (χ3n) is 3.82. The first kappa shape index (κ1) is 21.3. The van der Waals surface area contributed by atoms with E-state index in [1.807, 2.05) is 50.4 Å². The Morgan fingerprint density at radius 2 is 1.96 bits per heavy atom. The Morgan fingerprint density at radius 3 is 2.56 bits per heavy atom. The molecule has 138 valence electrons. The van der Waals surface area contributed by atoms with Crippen LogP contribution in [0.25, 0.3) is 0 Å². The third-order valence-corrected chi connectivity index (χ3v) is 4.56. The molecule has 1 rings (SSSR count). The van der Waals surface area contributed by atoms with Gasteiger partial charge in [0.05, 0.1) is 12.1 Å². The Morgan fingerprint density at radius 1 is 1.32 bits per heavy atom. The largest absolute Gasteiger partial charge is 0.399 e. The smallest absolute Gasteiger partial charge is 0.237 e. The lowest BCUT2D eigenvalue weighted by molar-refractivity contribution is -0.123. The predicted molar refractivity (Wildman–Crippen MR) is 109 cm³/mol. The van der Waals surface area contributed by atoms with Gasteiger partial charge in [0.25, 0.3) is 0 Å². The minimum absolute atomic E-state index is 0.0357. The highest BCUT2D eigenvalue weighted by molar-refractivity contribution is 8.04. The zero-order valence-electron chi connectivity index (χ0n) is 15.3. The second-order valence-electron chi connectivity index (χ2n) is 6.26. The molecule has 0 aliphatic carbocycles. The maximum Gasteiger partial charge on any atom is 0.237 e. The van der Waals surface area contributed by atoms with E-state index in [9.17, 15) is 4.79 Å². The van der Waals surface area contributed by atoms with E-state index in [1.165, 1.54) is 5.57 Å². The van der Waals surface area contributed by atoms with Crippen LogP contribution in [0, 0.1) is 0 Å². The third kappa shape index (κ3) is 8.25. The minimum atomic E-state index is -0.311. The van der Waals surface area contributed by atoms with Gasteiger partial charge in [-0.1, -0.05) is 24.3 Å². The Balaban J connectivity index is 2.40. The first-order valence-corrected chi connectivity index (χ1v) is 9.34. The van der Waals surface area contributed by atoms with Crippen molar-refractivity contribution in [2.45, 2.75) is 45.3 Å². The number of hydrogen-bond acceptors (Lipinski definition) is 5. The average molecular weight is 363 g/mol. The van der Waals surface area contributed by atoms with Gasteiger partial charge in [0.15, 0.2) is 0 Å². The van der Waals surface area contributed by atoms with E-state index in [1.54, 1.807) is 17.2 Å². The average Bonchev–Trinajstić information content (AvgIpc) is 2.58. The lowest BCUT2D eigenvalue weighted by atomic mass is 10.1. The van der Waals surface area contributed by atoms with Crippen LogP contribution in [0.2, 0.25) is 0 Å². The van der Waals surface area contributed by atoms with E-state index in [4.69, 9.17) is 11.5 Å². The highest BCUT2D eigenvalue weighted by atomic mass is 32.2. The van der Waals surface area contributed by atoms with Gasteiger partial charge in [-0.25, -0.2) is 0 Å². The molecule has 0 aliphatic heterocycles. The summed E-state index contributed by atoms with van der Waals surface area (Å²) in [5.74, 6) is -0.0500. The number of amides is 1. The second-order valence-corrected chi connectivity index (χ2v) is 7.10. The van der Waals surface area contributed by atoms with Crippen molar-refractivity contribution in [3.8, 4) is 0 Å². The summed E-state index contributed by atoms with van der Waals surface area (Å²) in [6.45, 7) is 10.1. The van der Waals surface area contributed by atoms with Crippen molar-refractivity contribution in [1.29, 1.82) is 0 Å². The molecular formula is C19H30N4OS. The molecule has 0 radical (unpaired) electrons. The summed E-state index contributed by atoms with van der Waals surface area (Å²) in [5.41, 5.74) is 14.7. The monoisotopic (exact) mass is 362 g/mol. The van der Waals surface area contributed by atoms with Crippen LogP contribution in [-0.4, -0.2) is 24.5 Å². The number of rotatable bonds is 10. The minimum Gasteiger partial charge on any atom is -0.399 e. The van der Waals surface area contributed by atoms with Crippen molar-refractivity contribution < 1.29 is 4.79 Å². The number of anilines is 1. The topological polar surface area (TPSA) is 93.2 Å². The second kappa shape index (κ2) is 11.0. The number of thioether (sulfide) groups is 1. The lowest BCUT2D eigenvalue weighted by Gasteiger charge is -2.20. The zero-order chi connectivity index (χ0) is 18.8. The standard InChI is InChI=1S/C19H30N4OS/c1-5-25-12-13(2)10-18(21)11-22-15(4)19(24)23-14(3)16-6-8-17(20)9-7-16/h5-9,12,14-15,18,22H,1,10-11,20-21H2,2-4H3,(H,23,24)/b13-12+/t14-,15+,18+/m1/s1. The van der Waals surface area contributed by atoms with Gasteiger partial charge in [-0.3, -0.25) is 4.79 Å². The number of nitrogens with two attached hydrogens (primary N) is 2. The van der Waals surface area contributed by atoms with E-state index < -0.39 is 0 Å². The number of carbonyl (C=O) groups excluding carboxylic acids is 1. The van der Waals surface area contributed by atoms with Gasteiger partial charge in [-0.15, -0.1) is 11.8 Å². The molecule has 0 bridgehead atoms. The van der Waals surface area contributed by atoms with Crippen LogP contribution in [0.1, 0.15) is 38.8 Å². The molecule has 5 nitrogen and oxygen atoms in total. The van der Waals surface area contributed by atoms with Crippen LogP contribution >= 0.6 is 11.8 Å². The predicted octanol–water partition coefficient (Wildman–Crippen LogP) is 2.92. The highest BCUT2D eigenvalue weighted by Crippen LogP contribution is 2.14. The van der Waals surface area contributed by atoms with Crippen molar-refractivity contribution in [3.05, 3.63) is 52.8 Å². The van der Waals surface area contributed by atoms with E-state index in [-0.39, 0.29) is 24.0 Å². The molecule has 0 spiro atoms. The molecule has 6 N–H and O–H groups in total. The zero-order valence-corrected chi connectivity index (χ0v) is 16.1. The lowest BCUT2D eigenvalue weighted by Crippen LogP contribution is -2.47. The molecule has 0 saturated heterocycles. The molecule has 1 aromatic carbocycles. The Hall–Kier alpha value is -1.76. The van der Waals surface area contributed by atoms with E-state index in [2.05, 4.69) is 17.2 Å². The van der Waals surface area contributed by atoms with Gasteiger partial charge in [-0.2, -0.15) is 0 Å². The Bertz CT molecular complexity index is 586. The molecule has 0 fully saturated rings. The van der Waals surface area contributed by atoms with Crippen molar-refractivity contribution >= 4 is 23.4 Å². The number of hydrogen-bond donors (Lipinski definition) is 4. The molecule has 0 unspecified atom stereocenters. The van der Waals surface area contributed by atoms with Crippen LogP contribution in [0.5, 0.6) is 0 Å². The van der Waals surface area contributed by atoms with Gasteiger partial charge in [-0.05, 0) is 55.7 Å². The van der Waals surface area contributed by atoms with Gasteiger partial charge >= 0.3 is 0 Å². The van der Waals surface area contributed by atoms with E-state index in [0.717, 1.165) is 12.0 Å². The molecule has 25 heavy (non-hydrogen) atoms. The van der Waals surface area contributed by atoms with Gasteiger partial charge in [0.2, 0.25) is 5.91 Å². The van der Waals surface area contributed by atoms with E-state index >= 15 is 0 Å². The van der Waals surface area contributed by atoms with Gasteiger partial charge < -0.3 is 22.1 Å². The van der Waals surface area contributed by atoms with Crippen LogP contribution in [0.15, 0.2) is 47.2 Å². The summed E-state index contributed by atoms with van der Waals surface area (Å²) >= 11 is 1.55. The summed E-state index contributed by atoms with van der Waals surface area (Å²) in [7, 11) is 0. The van der Waals surface area contributed by atoms with Gasteiger partial charge in [0.1, 0.15) is 0 Å². The first-order chi connectivity index (χ1) is 11.8. The van der Waals surface area contributed by atoms with E-state index in [0.29, 0.717) is 12.2 Å². The molecule has 0 saturated carbocycles. The maximum absolute atomic E-state index is 12.3. The first-order valence-electron chi connectivity index (χ1n) is 8.40. The summed E-state index contributed by atoms with van der Waals surface area (Å²) in [4.78, 5) is 12.3. The van der Waals surface area contributed by atoms with Crippen molar-refractivity contribution in [1.82, 2.24) is 10.6 Å². The fourth-order valence-electron chi connectivity index (χ4n) is 2.33. The summed E-state index contributed by atoms with van der Waals surface area (Å²) < 4.78 is 0. The number of benzene rings is 1. The summed E-state index contributed by atoms with van der Waals surface area (Å²) in [5, 5.41) is 10.0.